The second kappa shape index (κ2) is 9.22. The minimum atomic E-state index is -2.54. The van der Waals surface area contributed by atoms with Crippen molar-refractivity contribution < 1.29 is 13.6 Å². The monoisotopic (exact) mass is 286 g/mol. The van der Waals surface area contributed by atoms with E-state index in [-0.39, 0.29) is 0 Å². The first-order chi connectivity index (χ1) is 9.76. The van der Waals surface area contributed by atoms with Crippen LogP contribution in [0.5, 0.6) is 11.5 Å². The second-order valence-electron chi connectivity index (χ2n) is 3.30. The van der Waals surface area contributed by atoms with Gasteiger partial charge in [0.2, 0.25) is 0 Å². The fourth-order valence-electron chi connectivity index (χ4n) is 1.19. The van der Waals surface area contributed by atoms with Gasteiger partial charge in [-0.05, 0) is 24.3 Å². The molecule has 2 rings (SSSR count). The van der Waals surface area contributed by atoms with Crippen LogP contribution in [0.3, 0.4) is 0 Å². The van der Waals surface area contributed by atoms with Gasteiger partial charge in [0, 0.05) is 0 Å². The third kappa shape index (κ3) is 6.26. The van der Waals surface area contributed by atoms with Crippen LogP contribution >= 0.6 is 8.25 Å². The maximum atomic E-state index is 11.5. The maximum Gasteiger partial charge on any atom is 0.418 e. The van der Waals surface area contributed by atoms with Gasteiger partial charge >= 0.3 is 8.25 Å². The quantitative estimate of drug-likeness (QED) is 0.802. The summed E-state index contributed by atoms with van der Waals surface area (Å²) in [6, 6.07) is 20.4. The van der Waals surface area contributed by atoms with E-state index in [1.54, 1.807) is 24.3 Å². The number of para-hydroxylation sites is 2. The van der Waals surface area contributed by atoms with Crippen molar-refractivity contribution in [1.82, 2.24) is 0 Å². The number of hydrogen-bond acceptors (Lipinski definition) is 5. The minimum absolute atomic E-state index is 0.544. The number of rotatable bonds is 4. The molecule has 0 N–H and O–H groups in total. The van der Waals surface area contributed by atoms with E-state index in [0.29, 0.717) is 11.5 Å². The second-order valence-corrected chi connectivity index (χ2v) is 4.21. The molecule has 0 radical (unpaired) electrons. The zero-order valence-corrected chi connectivity index (χ0v) is 11.4. The minimum Gasteiger partial charge on any atom is -0.418 e. The van der Waals surface area contributed by atoms with Crippen molar-refractivity contribution in [2.75, 3.05) is 0 Å². The molecular weight excluding hydrogens is 275 g/mol. The summed E-state index contributed by atoms with van der Waals surface area (Å²) in [6.45, 7) is 0. The highest BCUT2D eigenvalue weighted by atomic mass is 31.1. The van der Waals surface area contributed by atoms with Crippen molar-refractivity contribution in [3.8, 4) is 23.6 Å². The lowest BCUT2D eigenvalue weighted by Gasteiger charge is -2.07. The molecule has 0 saturated heterocycles. The largest absolute Gasteiger partial charge is 0.418 e. The van der Waals surface area contributed by atoms with E-state index in [0.717, 1.165) is 0 Å². The molecule has 5 nitrogen and oxygen atoms in total. The van der Waals surface area contributed by atoms with E-state index in [4.69, 9.17) is 19.6 Å². The highest BCUT2D eigenvalue weighted by molar-refractivity contribution is 7.34. The lowest BCUT2D eigenvalue weighted by molar-refractivity contribution is 0.415. The molecule has 0 unspecified atom stereocenters. The molecule has 0 aliphatic rings. The molecule has 0 fully saturated rings. The number of nitriles is 2. The first-order valence-electron chi connectivity index (χ1n) is 5.54. The van der Waals surface area contributed by atoms with Crippen LogP contribution in [-0.4, -0.2) is 0 Å². The van der Waals surface area contributed by atoms with Gasteiger partial charge in [-0.1, -0.05) is 36.4 Å². The van der Waals surface area contributed by atoms with Crippen LogP contribution in [0, 0.1) is 22.7 Å². The molecule has 0 saturated carbocycles. The van der Waals surface area contributed by atoms with Crippen molar-refractivity contribution >= 4 is 8.25 Å². The zero-order valence-electron chi connectivity index (χ0n) is 10.4. The van der Waals surface area contributed by atoms with Gasteiger partial charge in [0.25, 0.3) is 0 Å². The van der Waals surface area contributed by atoms with Gasteiger partial charge in [0.05, 0.1) is 0 Å². The van der Waals surface area contributed by atoms with Crippen LogP contribution in [0.15, 0.2) is 60.7 Å². The predicted octanol–water partition coefficient (Wildman–Crippen LogP) is 3.57. The van der Waals surface area contributed by atoms with E-state index < -0.39 is 8.25 Å². The highest BCUT2D eigenvalue weighted by Crippen LogP contribution is 2.29. The van der Waals surface area contributed by atoms with Crippen molar-refractivity contribution in [3.05, 3.63) is 60.7 Å². The number of benzene rings is 2. The Labute approximate surface area is 117 Å². The molecule has 0 spiro atoms. The summed E-state index contributed by atoms with van der Waals surface area (Å²) >= 11 is 0. The average Bonchev–Trinajstić information content (AvgIpc) is 2.49. The Bertz CT molecular complexity index is 563. The van der Waals surface area contributed by atoms with Crippen LogP contribution < -0.4 is 9.05 Å². The summed E-state index contributed by atoms with van der Waals surface area (Å²) in [5.41, 5.74) is 0. The SMILES string of the molecule is N#CC#N.O=[PH](Oc1ccccc1)Oc1ccccc1. The summed E-state index contributed by atoms with van der Waals surface area (Å²) in [4.78, 5) is 0. The summed E-state index contributed by atoms with van der Waals surface area (Å²) in [5.74, 6) is 1.09. The summed E-state index contributed by atoms with van der Waals surface area (Å²) in [6.07, 6.45) is 0. The normalized spacial score (nSPS) is 8.55. The first kappa shape index (κ1) is 15.3. The first-order valence-corrected chi connectivity index (χ1v) is 6.76. The molecule has 0 amide bonds. The van der Waals surface area contributed by atoms with Gasteiger partial charge in [-0.25, -0.2) is 4.57 Å². The van der Waals surface area contributed by atoms with E-state index >= 15 is 0 Å². The van der Waals surface area contributed by atoms with Crippen molar-refractivity contribution in [3.63, 3.8) is 0 Å². The Morgan fingerprint density at radius 3 is 1.40 bits per heavy atom. The zero-order chi connectivity index (χ0) is 14.6. The van der Waals surface area contributed by atoms with Gasteiger partial charge in [-0.3, -0.25) is 0 Å². The number of nitrogens with zero attached hydrogens (tertiary/aromatic N) is 2. The van der Waals surface area contributed by atoms with E-state index in [1.165, 1.54) is 12.1 Å². The Morgan fingerprint density at radius 2 is 1.10 bits per heavy atom. The maximum absolute atomic E-state index is 11.5. The predicted molar refractivity (Wildman–Crippen MR) is 74.4 cm³/mol. The molecule has 0 aromatic heterocycles. The van der Waals surface area contributed by atoms with Crippen molar-refractivity contribution in [1.29, 1.82) is 10.5 Å². The van der Waals surface area contributed by atoms with Crippen LogP contribution in [0.2, 0.25) is 0 Å². The van der Waals surface area contributed by atoms with Gasteiger partial charge in [-0.2, -0.15) is 10.5 Å². The number of hydrogen-bond donors (Lipinski definition) is 0. The summed E-state index contributed by atoms with van der Waals surface area (Å²) in [5, 5.41) is 14.5. The Balaban J connectivity index is 0.000000444. The molecule has 0 bridgehead atoms. The summed E-state index contributed by atoms with van der Waals surface area (Å²) < 4.78 is 21.8. The average molecular weight is 286 g/mol. The van der Waals surface area contributed by atoms with Gasteiger partial charge in [0.1, 0.15) is 11.5 Å². The van der Waals surface area contributed by atoms with Gasteiger partial charge in [0.15, 0.2) is 12.1 Å². The van der Waals surface area contributed by atoms with Crippen molar-refractivity contribution in [2.45, 2.75) is 0 Å². The van der Waals surface area contributed by atoms with Crippen LogP contribution in [0.1, 0.15) is 0 Å². The Morgan fingerprint density at radius 1 is 0.750 bits per heavy atom. The van der Waals surface area contributed by atoms with Crippen LogP contribution in [0.4, 0.5) is 0 Å². The Kier molecular flexibility index (Phi) is 7.05. The van der Waals surface area contributed by atoms with Crippen LogP contribution in [-0.2, 0) is 4.57 Å². The molecular formula is C14H11N2O3P. The fraction of sp³-hybridized carbons (Fsp3) is 0. The molecule has 2 aromatic carbocycles. The highest BCUT2D eigenvalue weighted by Gasteiger charge is 2.02. The van der Waals surface area contributed by atoms with Gasteiger partial charge < -0.3 is 9.05 Å². The molecule has 0 aliphatic carbocycles. The molecule has 0 atom stereocenters. The fourth-order valence-corrected chi connectivity index (χ4v) is 1.89. The standard InChI is InChI=1S/C12H11O3P.C2N2/c13-16(14-11-7-3-1-4-8-11)15-12-9-5-2-6-10-12;3-1-2-4/h1-10,16H;. The lowest BCUT2D eigenvalue weighted by atomic mass is 10.3. The third-order valence-corrected chi connectivity index (χ3v) is 2.74. The van der Waals surface area contributed by atoms with E-state index in [1.807, 2.05) is 36.4 Å². The lowest BCUT2D eigenvalue weighted by Crippen LogP contribution is -1.87. The molecule has 0 aliphatic heterocycles. The van der Waals surface area contributed by atoms with Gasteiger partial charge in [-0.15, -0.1) is 0 Å². The third-order valence-electron chi connectivity index (χ3n) is 1.94. The van der Waals surface area contributed by atoms with Crippen molar-refractivity contribution in [2.24, 2.45) is 0 Å². The smallest absolute Gasteiger partial charge is 0.418 e. The molecule has 0 heterocycles. The molecule has 20 heavy (non-hydrogen) atoms. The topological polar surface area (TPSA) is 83.1 Å². The van der Waals surface area contributed by atoms with E-state index in [9.17, 15) is 4.57 Å². The Hall–Kier alpha value is -2.75. The molecule has 2 aromatic rings. The molecule has 100 valence electrons. The molecule has 6 heteroatoms. The summed E-state index contributed by atoms with van der Waals surface area (Å²) in [7, 11) is -2.54. The van der Waals surface area contributed by atoms with Crippen LogP contribution in [0.25, 0.3) is 0 Å². The van der Waals surface area contributed by atoms with E-state index in [2.05, 4.69) is 0 Å².